The third kappa shape index (κ3) is 3.30. The number of hydrogen-bond donors (Lipinski definition) is 2. The molecule has 0 spiro atoms. The van der Waals surface area contributed by atoms with Gasteiger partial charge in [0, 0.05) is 42.8 Å². The summed E-state index contributed by atoms with van der Waals surface area (Å²) in [4.78, 5) is 2.38. The zero-order valence-corrected chi connectivity index (χ0v) is 12.1. The molecular formula is C15H21ClN2O. The first-order valence-corrected chi connectivity index (χ1v) is 7.06. The Morgan fingerprint density at radius 2 is 2.16 bits per heavy atom. The minimum atomic E-state index is 0.150. The quantitative estimate of drug-likeness (QED) is 0.833. The van der Waals surface area contributed by atoms with Gasteiger partial charge in [0.1, 0.15) is 5.75 Å². The maximum atomic E-state index is 10.3. The summed E-state index contributed by atoms with van der Waals surface area (Å²) in [6.45, 7) is 9.63. The molecule has 0 unspecified atom stereocenters. The number of nitrogens with one attached hydrogen (secondary N) is 1. The summed E-state index contributed by atoms with van der Waals surface area (Å²) >= 11 is 6.14. The van der Waals surface area contributed by atoms with Crippen LogP contribution in [0.5, 0.6) is 5.75 Å². The number of rotatable bonds is 4. The predicted molar refractivity (Wildman–Crippen MR) is 79.9 cm³/mol. The molecule has 1 atom stereocenters. The fourth-order valence-corrected chi connectivity index (χ4v) is 2.92. The average molecular weight is 281 g/mol. The lowest BCUT2D eigenvalue weighted by Crippen LogP contribution is -2.45. The second-order valence-corrected chi connectivity index (χ2v) is 5.42. The standard InChI is InChI=1S/C15H21ClN2O/c1-3-4-14(18-7-5-17-6-8-18)13-10-12(16)9-11(2)15(13)19/h3,9-10,14,17,19H,1,4-8H2,2H3/t14-/m0/s1. The van der Waals surface area contributed by atoms with E-state index in [1.807, 2.05) is 19.1 Å². The zero-order valence-electron chi connectivity index (χ0n) is 11.3. The molecule has 1 aromatic carbocycles. The predicted octanol–water partition coefficient (Wildman–Crippen LogP) is 2.88. The lowest BCUT2D eigenvalue weighted by atomic mass is 9.98. The molecule has 4 heteroatoms. The van der Waals surface area contributed by atoms with Gasteiger partial charge < -0.3 is 10.4 Å². The van der Waals surface area contributed by atoms with Gasteiger partial charge in [-0.2, -0.15) is 0 Å². The summed E-state index contributed by atoms with van der Waals surface area (Å²) in [6, 6.07) is 3.82. The van der Waals surface area contributed by atoms with Crippen molar-refractivity contribution < 1.29 is 5.11 Å². The van der Waals surface area contributed by atoms with E-state index in [2.05, 4.69) is 16.8 Å². The van der Waals surface area contributed by atoms with E-state index in [9.17, 15) is 5.11 Å². The highest BCUT2D eigenvalue weighted by molar-refractivity contribution is 6.30. The van der Waals surface area contributed by atoms with Crippen molar-refractivity contribution >= 4 is 11.6 Å². The summed E-state index contributed by atoms with van der Waals surface area (Å²) in [7, 11) is 0. The lowest BCUT2D eigenvalue weighted by molar-refractivity contribution is 0.172. The molecule has 0 bridgehead atoms. The molecular weight excluding hydrogens is 260 g/mol. The second-order valence-electron chi connectivity index (χ2n) is 4.99. The number of aromatic hydroxyl groups is 1. The van der Waals surface area contributed by atoms with E-state index < -0.39 is 0 Å². The highest BCUT2D eigenvalue weighted by Gasteiger charge is 2.24. The fraction of sp³-hybridized carbons (Fsp3) is 0.467. The maximum absolute atomic E-state index is 10.3. The lowest BCUT2D eigenvalue weighted by Gasteiger charge is -2.35. The van der Waals surface area contributed by atoms with Crippen molar-refractivity contribution in [2.24, 2.45) is 0 Å². The topological polar surface area (TPSA) is 35.5 Å². The molecule has 104 valence electrons. The van der Waals surface area contributed by atoms with Gasteiger partial charge in [-0.1, -0.05) is 17.7 Å². The number of piperazine rings is 1. The van der Waals surface area contributed by atoms with Gasteiger partial charge in [-0.25, -0.2) is 0 Å². The molecule has 1 heterocycles. The van der Waals surface area contributed by atoms with Crippen molar-refractivity contribution in [1.29, 1.82) is 0 Å². The third-order valence-corrected chi connectivity index (χ3v) is 3.85. The summed E-state index contributed by atoms with van der Waals surface area (Å²) in [5, 5.41) is 14.3. The van der Waals surface area contributed by atoms with E-state index in [-0.39, 0.29) is 6.04 Å². The SMILES string of the molecule is C=CC[C@@H](c1cc(Cl)cc(C)c1O)N1CCNCC1. The number of nitrogens with zero attached hydrogens (tertiary/aromatic N) is 1. The second kappa shape index (κ2) is 6.42. The number of phenolic OH excluding ortho intramolecular Hbond substituents is 1. The Bertz CT molecular complexity index is 456. The Kier molecular flexibility index (Phi) is 4.86. The minimum Gasteiger partial charge on any atom is -0.507 e. The molecule has 0 amide bonds. The van der Waals surface area contributed by atoms with Gasteiger partial charge in [0.25, 0.3) is 0 Å². The summed E-state index contributed by atoms with van der Waals surface area (Å²) in [5.41, 5.74) is 1.73. The van der Waals surface area contributed by atoms with E-state index in [4.69, 9.17) is 11.6 Å². The van der Waals surface area contributed by atoms with Crippen molar-refractivity contribution in [1.82, 2.24) is 10.2 Å². The van der Waals surface area contributed by atoms with E-state index >= 15 is 0 Å². The Labute approximate surface area is 119 Å². The number of benzene rings is 1. The van der Waals surface area contributed by atoms with E-state index in [1.165, 1.54) is 0 Å². The summed E-state index contributed by atoms with van der Waals surface area (Å²) < 4.78 is 0. The highest BCUT2D eigenvalue weighted by Crippen LogP contribution is 2.36. The molecule has 1 saturated heterocycles. The molecule has 2 N–H and O–H groups in total. The molecule has 3 nitrogen and oxygen atoms in total. The van der Waals surface area contributed by atoms with Crippen molar-refractivity contribution in [2.45, 2.75) is 19.4 Å². The Hall–Kier alpha value is -1.03. The van der Waals surface area contributed by atoms with Crippen LogP contribution in [-0.2, 0) is 0 Å². The van der Waals surface area contributed by atoms with Crippen LogP contribution < -0.4 is 5.32 Å². The van der Waals surface area contributed by atoms with Crippen molar-refractivity contribution in [3.63, 3.8) is 0 Å². The molecule has 0 radical (unpaired) electrons. The maximum Gasteiger partial charge on any atom is 0.123 e. The van der Waals surface area contributed by atoms with Crippen molar-refractivity contribution in [2.75, 3.05) is 26.2 Å². The number of aryl methyl sites for hydroxylation is 1. The largest absolute Gasteiger partial charge is 0.507 e. The van der Waals surface area contributed by atoms with E-state index in [0.717, 1.165) is 43.7 Å². The molecule has 2 rings (SSSR count). The van der Waals surface area contributed by atoms with Crippen molar-refractivity contribution in [3.8, 4) is 5.75 Å². The normalized spacial score (nSPS) is 18.2. The van der Waals surface area contributed by atoms with Crippen LogP contribution in [-0.4, -0.2) is 36.2 Å². The van der Waals surface area contributed by atoms with Gasteiger partial charge in [-0.3, -0.25) is 4.90 Å². The van der Waals surface area contributed by atoms with Crippen LogP contribution in [0.2, 0.25) is 5.02 Å². The van der Waals surface area contributed by atoms with E-state index in [1.54, 1.807) is 6.07 Å². The first kappa shape index (κ1) is 14.4. The highest BCUT2D eigenvalue weighted by atomic mass is 35.5. The molecule has 0 saturated carbocycles. The van der Waals surface area contributed by atoms with Gasteiger partial charge in [0.2, 0.25) is 0 Å². The van der Waals surface area contributed by atoms with Crippen LogP contribution in [0.1, 0.15) is 23.6 Å². The molecule has 1 aliphatic heterocycles. The summed E-state index contributed by atoms with van der Waals surface area (Å²) in [5.74, 6) is 0.356. The smallest absolute Gasteiger partial charge is 0.123 e. The Morgan fingerprint density at radius 1 is 1.47 bits per heavy atom. The van der Waals surface area contributed by atoms with Crippen LogP contribution in [0.3, 0.4) is 0 Å². The van der Waals surface area contributed by atoms with Gasteiger partial charge in [0.15, 0.2) is 0 Å². The minimum absolute atomic E-state index is 0.150. The van der Waals surface area contributed by atoms with Gasteiger partial charge in [-0.15, -0.1) is 6.58 Å². The molecule has 0 aliphatic carbocycles. The number of halogens is 1. The fourth-order valence-electron chi connectivity index (χ4n) is 2.64. The Morgan fingerprint density at radius 3 is 2.79 bits per heavy atom. The monoisotopic (exact) mass is 280 g/mol. The average Bonchev–Trinajstić information content (AvgIpc) is 2.41. The van der Waals surface area contributed by atoms with Crippen LogP contribution in [0.25, 0.3) is 0 Å². The van der Waals surface area contributed by atoms with Crippen LogP contribution in [0.4, 0.5) is 0 Å². The van der Waals surface area contributed by atoms with E-state index in [0.29, 0.717) is 10.8 Å². The molecule has 19 heavy (non-hydrogen) atoms. The first-order chi connectivity index (χ1) is 9.13. The first-order valence-electron chi connectivity index (χ1n) is 6.68. The summed E-state index contributed by atoms with van der Waals surface area (Å²) in [6.07, 6.45) is 2.72. The van der Waals surface area contributed by atoms with Gasteiger partial charge in [-0.05, 0) is 31.0 Å². The van der Waals surface area contributed by atoms with Gasteiger partial charge in [0.05, 0.1) is 0 Å². The third-order valence-electron chi connectivity index (χ3n) is 3.64. The number of hydrogen-bond acceptors (Lipinski definition) is 3. The van der Waals surface area contributed by atoms with Gasteiger partial charge >= 0.3 is 0 Å². The number of phenols is 1. The molecule has 1 fully saturated rings. The Balaban J connectivity index is 2.34. The zero-order chi connectivity index (χ0) is 13.8. The van der Waals surface area contributed by atoms with Crippen molar-refractivity contribution in [3.05, 3.63) is 40.9 Å². The van der Waals surface area contributed by atoms with Crippen LogP contribution in [0.15, 0.2) is 24.8 Å². The van der Waals surface area contributed by atoms with Crippen LogP contribution in [0, 0.1) is 6.92 Å². The molecule has 0 aromatic heterocycles. The van der Waals surface area contributed by atoms with Crippen LogP contribution >= 0.6 is 11.6 Å². The molecule has 1 aliphatic rings. The molecule has 1 aromatic rings.